The van der Waals surface area contributed by atoms with Gasteiger partial charge >= 0.3 is 0 Å². The average Bonchev–Trinajstić information content (AvgIpc) is 2.36. The Bertz CT molecular complexity index is 506. The highest BCUT2D eigenvalue weighted by molar-refractivity contribution is 5.71. The van der Waals surface area contributed by atoms with Crippen LogP contribution in [-0.2, 0) is 12.8 Å². The van der Waals surface area contributed by atoms with Crippen molar-refractivity contribution in [2.75, 3.05) is 20.1 Å². The van der Waals surface area contributed by atoms with Gasteiger partial charge in [-0.2, -0.15) is 0 Å². The van der Waals surface area contributed by atoms with Crippen molar-refractivity contribution in [2.45, 2.75) is 32.4 Å². The third-order valence-electron chi connectivity index (χ3n) is 4.29. The number of benzene rings is 1. The first-order chi connectivity index (χ1) is 9.13. The van der Waals surface area contributed by atoms with Gasteiger partial charge in [0.2, 0.25) is 0 Å². The summed E-state index contributed by atoms with van der Waals surface area (Å²) in [6.45, 7) is 4.41. The summed E-state index contributed by atoms with van der Waals surface area (Å²) in [5, 5.41) is 0. The van der Waals surface area contributed by atoms with Crippen molar-refractivity contribution in [1.82, 2.24) is 4.90 Å². The molecule has 102 valence electrons. The molecule has 0 bridgehead atoms. The Morgan fingerprint density at radius 1 is 1.32 bits per heavy atom. The molecular formula is C17H22FN. The Morgan fingerprint density at radius 2 is 2.16 bits per heavy atom. The van der Waals surface area contributed by atoms with Gasteiger partial charge in [-0.15, -0.1) is 0 Å². The molecular weight excluding hydrogens is 237 g/mol. The lowest BCUT2D eigenvalue weighted by atomic mass is 9.83. The maximum absolute atomic E-state index is 13.5. The molecule has 1 unspecified atom stereocenters. The predicted octanol–water partition coefficient (Wildman–Crippen LogP) is 3.48. The molecule has 1 aromatic carbocycles. The topological polar surface area (TPSA) is 3.24 Å². The van der Waals surface area contributed by atoms with Crippen molar-refractivity contribution in [3.63, 3.8) is 0 Å². The number of hydrogen-bond acceptors (Lipinski definition) is 1. The summed E-state index contributed by atoms with van der Waals surface area (Å²) in [6.07, 6.45) is 3.92. The summed E-state index contributed by atoms with van der Waals surface area (Å²) in [7, 11) is 2.18. The van der Waals surface area contributed by atoms with E-state index in [2.05, 4.69) is 43.1 Å². The molecule has 1 aromatic rings. The first kappa shape index (κ1) is 12.9. The zero-order valence-corrected chi connectivity index (χ0v) is 11.8. The summed E-state index contributed by atoms with van der Waals surface area (Å²) in [5.41, 5.74) is 5.40. The van der Waals surface area contributed by atoms with E-state index in [9.17, 15) is 4.39 Å². The first-order valence-corrected chi connectivity index (χ1v) is 7.28. The van der Waals surface area contributed by atoms with Gasteiger partial charge in [0.05, 0.1) is 0 Å². The minimum Gasteiger partial charge on any atom is -0.302 e. The summed E-state index contributed by atoms with van der Waals surface area (Å²) in [6, 6.07) is 6.41. The van der Waals surface area contributed by atoms with Gasteiger partial charge in [0.15, 0.2) is 0 Å². The fraction of sp³-hybridized carbons (Fsp3) is 0.529. The first-order valence-electron chi connectivity index (χ1n) is 7.28. The molecule has 2 aliphatic rings. The summed E-state index contributed by atoms with van der Waals surface area (Å²) < 4.78 is 13.5. The second-order valence-electron chi connectivity index (χ2n) is 6.15. The highest BCUT2D eigenvalue weighted by atomic mass is 19.1. The third-order valence-corrected chi connectivity index (χ3v) is 4.29. The molecule has 0 fully saturated rings. The van der Waals surface area contributed by atoms with Crippen LogP contribution in [0.5, 0.6) is 0 Å². The Kier molecular flexibility index (Phi) is 3.44. The molecule has 1 aliphatic heterocycles. The second-order valence-corrected chi connectivity index (χ2v) is 6.15. The zero-order chi connectivity index (χ0) is 13.4. The average molecular weight is 259 g/mol. The van der Waals surface area contributed by atoms with Crippen molar-refractivity contribution in [2.24, 2.45) is 5.92 Å². The Hall–Kier alpha value is -1.15. The number of rotatable bonds is 1. The van der Waals surface area contributed by atoms with Gasteiger partial charge in [-0.3, -0.25) is 0 Å². The monoisotopic (exact) mass is 259 g/mol. The molecule has 1 aliphatic carbocycles. The number of nitrogens with zero attached hydrogens (tertiary/aromatic N) is 1. The number of likely N-dealkylation sites (N-methyl/N-ethyl adjacent to an activating group) is 1. The van der Waals surface area contributed by atoms with Crippen LogP contribution in [0.15, 0.2) is 24.3 Å². The highest BCUT2D eigenvalue weighted by Gasteiger charge is 2.23. The quantitative estimate of drug-likeness (QED) is 0.746. The minimum absolute atomic E-state index is 0.599. The van der Waals surface area contributed by atoms with Crippen LogP contribution < -0.4 is 0 Å². The Labute approximate surface area is 115 Å². The predicted molar refractivity (Wildman–Crippen MR) is 78.0 cm³/mol. The summed E-state index contributed by atoms with van der Waals surface area (Å²) in [4.78, 5) is 2.38. The Morgan fingerprint density at radius 3 is 2.95 bits per heavy atom. The maximum atomic E-state index is 13.5. The van der Waals surface area contributed by atoms with Crippen molar-refractivity contribution < 1.29 is 4.39 Å². The molecule has 0 aromatic heterocycles. The Balaban J connectivity index is 2.00. The van der Waals surface area contributed by atoms with E-state index in [4.69, 9.17) is 0 Å². The SMILES string of the molecule is C[C@@H]1C=C(c2cccc3c2CCC(F)C3)CN(C)C1. The number of alkyl halides is 1. The van der Waals surface area contributed by atoms with Gasteiger partial charge < -0.3 is 4.90 Å². The summed E-state index contributed by atoms with van der Waals surface area (Å²) >= 11 is 0. The molecule has 0 N–H and O–H groups in total. The van der Waals surface area contributed by atoms with Crippen molar-refractivity contribution >= 4 is 5.57 Å². The van der Waals surface area contributed by atoms with E-state index in [-0.39, 0.29) is 0 Å². The van der Waals surface area contributed by atoms with Crippen LogP contribution in [0, 0.1) is 5.92 Å². The smallest absolute Gasteiger partial charge is 0.104 e. The normalized spacial score (nSPS) is 27.8. The number of halogens is 1. The highest BCUT2D eigenvalue weighted by Crippen LogP contribution is 2.32. The standard InChI is InChI=1S/C17H22FN/c1-12-8-14(11-19(2)10-12)16-5-3-4-13-9-15(18)6-7-17(13)16/h3-5,8,12,15H,6-7,9-11H2,1-2H3/t12-,15?/m1/s1. The van der Waals surface area contributed by atoms with Crippen LogP contribution in [-0.4, -0.2) is 31.2 Å². The van der Waals surface area contributed by atoms with E-state index in [1.165, 1.54) is 22.3 Å². The maximum Gasteiger partial charge on any atom is 0.104 e. The van der Waals surface area contributed by atoms with Gasteiger partial charge in [-0.25, -0.2) is 4.39 Å². The van der Waals surface area contributed by atoms with Crippen LogP contribution in [0.3, 0.4) is 0 Å². The van der Waals surface area contributed by atoms with Crippen LogP contribution in [0.4, 0.5) is 4.39 Å². The van der Waals surface area contributed by atoms with Crippen LogP contribution in [0.25, 0.3) is 5.57 Å². The van der Waals surface area contributed by atoms with E-state index in [0.717, 1.165) is 19.5 Å². The van der Waals surface area contributed by atoms with Crippen LogP contribution in [0.1, 0.15) is 30.0 Å². The minimum atomic E-state index is -0.648. The van der Waals surface area contributed by atoms with Crippen molar-refractivity contribution in [1.29, 1.82) is 0 Å². The van der Waals surface area contributed by atoms with Crippen molar-refractivity contribution in [3.8, 4) is 0 Å². The van der Waals surface area contributed by atoms with E-state index in [0.29, 0.717) is 18.8 Å². The molecule has 0 spiro atoms. The van der Waals surface area contributed by atoms with Crippen LogP contribution in [0.2, 0.25) is 0 Å². The van der Waals surface area contributed by atoms with E-state index in [1.54, 1.807) is 0 Å². The largest absolute Gasteiger partial charge is 0.302 e. The number of hydrogen-bond donors (Lipinski definition) is 0. The van der Waals surface area contributed by atoms with Gasteiger partial charge in [0.25, 0.3) is 0 Å². The molecule has 19 heavy (non-hydrogen) atoms. The van der Waals surface area contributed by atoms with E-state index in [1.807, 2.05) is 0 Å². The fourth-order valence-electron chi connectivity index (χ4n) is 3.53. The van der Waals surface area contributed by atoms with E-state index < -0.39 is 6.17 Å². The van der Waals surface area contributed by atoms with Gasteiger partial charge in [0, 0.05) is 19.5 Å². The fourth-order valence-corrected chi connectivity index (χ4v) is 3.53. The van der Waals surface area contributed by atoms with Gasteiger partial charge in [-0.05, 0) is 48.1 Å². The lowest BCUT2D eigenvalue weighted by molar-refractivity contribution is 0.301. The molecule has 3 rings (SSSR count). The van der Waals surface area contributed by atoms with Gasteiger partial charge in [-0.1, -0.05) is 31.2 Å². The molecule has 0 radical (unpaired) electrons. The molecule has 0 amide bonds. The molecule has 1 heterocycles. The molecule has 2 atom stereocenters. The van der Waals surface area contributed by atoms with Crippen LogP contribution >= 0.6 is 0 Å². The lowest BCUT2D eigenvalue weighted by Gasteiger charge is -2.30. The second kappa shape index (κ2) is 5.09. The van der Waals surface area contributed by atoms with E-state index >= 15 is 0 Å². The van der Waals surface area contributed by atoms with Gasteiger partial charge in [0.1, 0.15) is 6.17 Å². The number of fused-ring (bicyclic) bond motifs is 1. The molecule has 0 saturated carbocycles. The molecule has 0 saturated heterocycles. The molecule has 1 nitrogen and oxygen atoms in total. The summed E-state index contributed by atoms with van der Waals surface area (Å²) in [5.74, 6) is 0.599. The lowest BCUT2D eigenvalue weighted by Crippen LogP contribution is -2.30. The molecule has 2 heteroatoms. The third kappa shape index (κ3) is 2.59. The zero-order valence-electron chi connectivity index (χ0n) is 11.8. The van der Waals surface area contributed by atoms with Crippen molar-refractivity contribution in [3.05, 3.63) is 41.0 Å².